The molecule has 0 aromatic heterocycles. The van der Waals surface area contributed by atoms with E-state index in [0.29, 0.717) is 19.5 Å². The van der Waals surface area contributed by atoms with Gasteiger partial charge in [-0.05, 0) is 40.0 Å². The van der Waals surface area contributed by atoms with E-state index in [0.717, 1.165) is 12.8 Å². The van der Waals surface area contributed by atoms with Crippen molar-refractivity contribution in [1.29, 1.82) is 0 Å². The maximum Gasteiger partial charge on any atom is 0.410 e. The molecular weight excluding hydrogens is 260 g/mol. The molecule has 0 saturated carbocycles. The monoisotopic (exact) mass is 286 g/mol. The second kappa shape index (κ2) is 6.92. The molecule has 1 heterocycles. The molecule has 1 saturated heterocycles. The van der Waals surface area contributed by atoms with Crippen molar-refractivity contribution in [2.45, 2.75) is 64.6 Å². The fourth-order valence-corrected chi connectivity index (χ4v) is 2.20. The van der Waals surface area contributed by atoms with Crippen molar-refractivity contribution >= 4 is 12.1 Å². The first-order valence-electron chi connectivity index (χ1n) is 7.19. The molecule has 0 spiro atoms. The van der Waals surface area contributed by atoms with E-state index in [2.05, 4.69) is 5.32 Å². The molecule has 1 unspecified atom stereocenters. The first-order chi connectivity index (χ1) is 9.23. The molecule has 1 atom stereocenters. The summed E-state index contributed by atoms with van der Waals surface area (Å²) in [7, 11) is 0. The van der Waals surface area contributed by atoms with Gasteiger partial charge in [-0.25, -0.2) is 4.79 Å². The number of carbonyl (C=O) groups is 2. The molecule has 2 N–H and O–H groups in total. The third-order valence-corrected chi connectivity index (χ3v) is 3.29. The van der Waals surface area contributed by atoms with Crippen LogP contribution in [0.3, 0.4) is 0 Å². The molecule has 1 fully saturated rings. The van der Waals surface area contributed by atoms with Crippen LogP contribution in [0.25, 0.3) is 0 Å². The van der Waals surface area contributed by atoms with Crippen LogP contribution in [0, 0.1) is 0 Å². The summed E-state index contributed by atoms with van der Waals surface area (Å²) >= 11 is 0. The van der Waals surface area contributed by atoms with Gasteiger partial charge >= 0.3 is 12.1 Å². The Morgan fingerprint density at radius 3 is 2.30 bits per heavy atom. The zero-order chi connectivity index (χ0) is 15.3. The lowest BCUT2D eigenvalue weighted by atomic mass is 10.0. The summed E-state index contributed by atoms with van der Waals surface area (Å²) in [5.41, 5.74) is -0.483. The van der Waals surface area contributed by atoms with Gasteiger partial charge in [0.2, 0.25) is 0 Å². The number of nitrogens with zero attached hydrogens (tertiary/aromatic N) is 1. The average Bonchev–Trinajstić information content (AvgIpc) is 2.34. The minimum Gasteiger partial charge on any atom is -0.480 e. The summed E-state index contributed by atoms with van der Waals surface area (Å²) in [5.74, 6) is -0.818. The van der Waals surface area contributed by atoms with E-state index in [1.807, 2.05) is 27.7 Å². The fourth-order valence-electron chi connectivity index (χ4n) is 2.20. The summed E-state index contributed by atoms with van der Waals surface area (Å²) in [5, 5.41) is 12.2. The number of carboxylic acid groups (broad SMARTS) is 1. The van der Waals surface area contributed by atoms with Crippen molar-refractivity contribution in [2.24, 2.45) is 0 Å². The number of carboxylic acids is 1. The number of aliphatic carboxylic acids is 1. The molecule has 6 heteroatoms. The molecule has 1 aliphatic heterocycles. The van der Waals surface area contributed by atoms with E-state index < -0.39 is 17.6 Å². The normalized spacial score (nSPS) is 18.7. The summed E-state index contributed by atoms with van der Waals surface area (Å²) in [6.45, 7) is 8.58. The molecule has 0 radical (unpaired) electrons. The number of likely N-dealkylation sites (tertiary alicyclic amines) is 1. The average molecular weight is 286 g/mol. The van der Waals surface area contributed by atoms with Crippen LogP contribution >= 0.6 is 0 Å². The number of hydrogen-bond donors (Lipinski definition) is 2. The van der Waals surface area contributed by atoms with Gasteiger partial charge in [0, 0.05) is 19.1 Å². The van der Waals surface area contributed by atoms with Crippen molar-refractivity contribution < 1.29 is 19.4 Å². The van der Waals surface area contributed by atoms with Gasteiger partial charge < -0.3 is 20.1 Å². The van der Waals surface area contributed by atoms with Crippen molar-refractivity contribution in [3.05, 3.63) is 0 Å². The molecule has 1 rings (SSSR count). The van der Waals surface area contributed by atoms with E-state index in [1.165, 1.54) is 0 Å². The highest BCUT2D eigenvalue weighted by molar-refractivity contribution is 5.73. The molecule has 1 aliphatic rings. The van der Waals surface area contributed by atoms with Gasteiger partial charge in [0.05, 0.1) is 0 Å². The van der Waals surface area contributed by atoms with E-state index in [9.17, 15) is 9.59 Å². The van der Waals surface area contributed by atoms with E-state index >= 15 is 0 Å². The summed E-state index contributed by atoms with van der Waals surface area (Å²) in [4.78, 5) is 24.6. The molecule has 6 nitrogen and oxygen atoms in total. The van der Waals surface area contributed by atoms with Crippen molar-refractivity contribution in [3.8, 4) is 0 Å². The zero-order valence-electron chi connectivity index (χ0n) is 12.8. The fraction of sp³-hybridized carbons (Fsp3) is 0.857. The Morgan fingerprint density at radius 2 is 1.90 bits per heavy atom. The Kier molecular flexibility index (Phi) is 5.80. The summed E-state index contributed by atoms with van der Waals surface area (Å²) < 4.78 is 5.33. The Balaban J connectivity index is 2.40. The molecular formula is C14H26N2O4. The van der Waals surface area contributed by atoms with Gasteiger partial charge in [0.1, 0.15) is 11.6 Å². The molecule has 0 aromatic carbocycles. The van der Waals surface area contributed by atoms with Crippen molar-refractivity contribution in [1.82, 2.24) is 10.2 Å². The Morgan fingerprint density at radius 1 is 1.35 bits per heavy atom. The zero-order valence-corrected chi connectivity index (χ0v) is 12.8. The minimum absolute atomic E-state index is 0.148. The Labute approximate surface area is 120 Å². The lowest BCUT2D eigenvalue weighted by Gasteiger charge is -2.34. The maximum absolute atomic E-state index is 11.9. The first kappa shape index (κ1) is 16.8. The van der Waals surface area contributed by atoms with E-state index in [4.69, 9.17) is 9.84 Å². The Hall–Kier alpha value is -1.30. The number of hydrogen-bond acceptors (Lipinski definition) is 4. The number of rotatable bonds is 4. The molecule has 20 heavy (non-hydrogen) atoms. The van der Waals surface area contributed by atoms with Crippen LogP contribution < -0.4 is 5.32 Å². The third-order valence-electron chi connectivity index (χ3n) is 3.29. The first-order valence-corrected chi connectivity index (χ1v) is 7.19. The van der Waals surface area contributed by atoms with Crippen LogP contribution in [0.2, 0.25) is 0 Å². The predicted molar refractivity (Wildman–Crippen MR) is 75.7 cm³/mol. The summed E-state index contributed by atoms with van der Waals surface area (Å²) in [6.07, 6.45) is 1.77. The van der Waals surface area contributed by atoms with Gasteiger partial charge in [-0.3, -0.25) is 4.79 Å². The van der Waals surface area contributed by atoms with Gasteiger partial charge in [0.15, 0.2) is 0 Å². The SMILES string of the molecule is CCC(NC1CCN(C(=O)OC(C)(C)C)CC1)C(=O)O. The van der Waals surface area contributed by atoms with Crippen LogP contribution in [-0.2, 0) is 9.53 Å². The van der Waals surface area contributed by atoms with Crippen LogP contribution in [0.5, 0.6) is 0 Å². The Bertz CT molecular complexity index is 344. The second-order valence-electron chi connectivity index (χ2n) is 6.21. The molecule has 116 valence electrons. The second-order valence-corrected chi connectivity index (χ2v) is 6.21. The van der Waals surface area contributed by atoms with Crippen LogP contribution in [0.4, 0.5) is 4.79 Å². The number of nitrogens with one attached hydrogen (secondary N) is 1. The smallest absolute Gasteiger partial charge is 0.410 e. The van der Waals surface area contributed by atoms with Gasteiger partial charge in [0.25, 0.3) is 0 Å². The largest absolute Gasteiger partial charge is 0.480 e. The van der Waals surface area contributed by atoms with Gasteiger partial charge in [-0.15, -0.1) is 0 Å². The number of amides is 1. The van der Waals surface area contributed by atoms with Crippen LogP contribution in [0.15, 0.2) is 0 Å². The van der Waals surface area contributed by atoms with Gasteiger partial charge in [-0.2, -0.15) is 0 Å². The number of piperidine rings is 1. The lowest BCUT2D eigenvalue weighted by Crippen LogP contribution is -2.50. The topological polar surface area (TPSA) is 78.9 Å². The highest BCUT2D eigenvalue weighted by Gasteiger charge is 2.28. The summed E-state index contributed by atoms with van der Waals surface area (Å²) in [6, 6.07) is -0.359. The number of carbonyl (C=O) groups excluding carboxylic acids is 1. The maximum atomic E-state index is 11.9. The number of ether oxygens (including phenoxy) is 1. The van der Waals surface area contributed by atoms with Gasteiger partial charge in [-0.1, -0.05) is 6.92 Å². The predicted octanol–water partition coefficient (Wildman–Crippen LogP) is 1.84. The molecule has 1 amide bonds. The molecule has 0 bridgehead atoms. The highest BCUT2D eigenvalue weighted by Crippen LogP contribution is 2.16. The lowest BCUT2D eigenvalue weighted by molar-refractivity contribution is -0.139. The standard InChI is InChI=1S/C14H26N2O4/c1-5-11(12(17)18)15-10-6-8-16(9-7-10)13(19)20-14(2,3)4/h10-11,15H,5-9H2,1-4H3,(H,17,18). The van der Waals surface area contributed by atoms with Crippen LogP contribution in [0.1, 0.15) is 47.0 Å². The van der Waals surface area contributed by atoms with Crippen LogP contribution in [-0.4, -0.2) is 52.8 Å². The van der Waals surface area contributed by atoms with Crippen molar-refractivity contribution in [3.63, 3.8) is 0 Å². The minimum atomic E-state index is -0.818. The van der Waals surface area contributed by atoms with Crippen molar-refractivity contribution in [2.75, 3.05) is 13.1 Å². The molecule has 0 aromatic rings. The molecule has 0 aliphatic carbocycles. The van der Waals surface area contributed by atoms with E-state index in [1.54, 1.807) is 4.90 Å². The van der Waals surface area contributed by atoms with E-state index in [-0.39, 0.29) is 12.1 Å². The highest BCUT2D eigenvalue weighted by atomic mass is 16.6. The quantitative estimate of drug-likeness (QED) is 0.824. The third kappa shape index (κ3) is 5.36.